The maximum Gasteiger partial charge on any atom is 0.242 e. The van der Waals surface area contributed by atoms with Crippen LogP contribution in [0.2, 0.25) is 0 Å². The van der Waals surface area contributed by atoms with Gasteiger partial charge in [0.2, 0.25) is 5.91 Å². The maximum absolute atomic E-state index is 12.6. The highest BCUT2D eigenvalue weighted by atomic mass is 35.5. The summed E-state index contributed by atoms with van der Waals surface area (Å²) in [6.45, 7) is 3.01. The fraction of sp³-hybridized carbons (Fsp3) is 0.350. The van der Waals surface area contributed by atoms with Crippen LogP contribution in [-0.4, -0.2) is 60.5 Å². The Morgan fingerprint density at radius 2 is 1.89 bits per heavy atom. The number of likely N-dealkylation sites (N-methyl/N-ethyl adjacent to an activating group) is 1. The average molecular weight is 386 g/mol. The molecule has 0 radical (unpaired) electrons. The SMILES string of the molecule is CN(CC(=O)N1CCN(C(C#N)c2cccnc2)CC1)c1ccccc1.Cl. The second kappa shape index (κ2) is 9.91. The summed E-state index contributed by atoms with van der Waals surface area (Å²) >= 11 is 0. The maximum atomic E-state index is 12.6. The highest BCUT2D eigenvalue weighted by Crippen LogP contribution is 2.21. The Balaban J connectivity index is 0.00000261. The van der Waals surface area contributed by atoms with Crippen LogP contribution in [0.5, 0.6) is 0 Å². The number of halogens is 1. The Morgan fingerprint density at radius 3 is 2.48 bits per heavy atom. The van der Waals surface area contributed by atoms with Gasteiger partial charge in [-0.05, 0) is 18.2 Å². The fourth-order valence-electron chi connectivity index (χ4n) is 3.21. The van der Waals surface area contributed by atoms with Crippen LogP contribution in [0.25, 0.3) is 0 Å². The number of para-hydroxylation sites is 1. The lowest BCUT2D eigenvalue weighted by Gasteiger charge is -2.37. The predicted octanol–water partition coefficient (Wildman–Crippen LogP) is 2.35. The van der Waals surface area contributed by atoms with Gasteiger partial charge < -0.3 is 9.80 Å². The Morgan fingerprint density at radius 1 is 1.19 bits per heavy atom. The summed E-state index contributed by atoms with van der Waals surface area (Å²) in [5.41, 5.74) is 1.93. The molecule has 1 saturated heterocycles. The number of aromatic nitrogens is 1. The predicted molar refractivity (Wildman–Crippen MR) is 108 cm³/mol. The van der Waals surface area contributed by atoms with Gasteiger partial charge in [-0.25, -0.2) is 0 Å². The van der Waals surface area contributed by atoms with E-state index in [4.69, 9.17) is 0 Å². The van der Waals surface area contributed by atoms with E-state index in [1.54, 1.807) is 12.4 Å². The number of benzene rings is 1. The van der Waals surface area contributed by atoms with Crippen molar-refractivity contribution in [3.8, 4) is 6.07 Å². The number of pyridine rings is 1. The van der Waals surface area contributed by atoms with Crippen molar-refractivity contribution < 1.29 is 4.79 Å². The average Bonchev–Trinajstić information content (AvgIpc) is 2.70. The molecular weight excluding hydrogens is 362 g/mol. The molecule has 1 aliphatic rings. The monoisotopic (exact) mass is 385 g/mol. The van der Waals surface area contributed by atoms with Gasteiger partial charge in [-0.1, -0.05) is 24.3 Å². The van der Waals surface area contributed by atoms with Crippen LogP contribution in [0.1, 0.15) is 11.6 Å². The Labute approximate surface area is 166 Å². The molecular formula is C20H24ClN5O. The first-order chi connectivity index (χ1) is 12.7. The molecule has 27 heavy (non-hydrogen) atoms. The summed E-state index contributed by atoms with van der Waals surface area (Å²) in [4.78, 5) is 22.6. The smallest absolute Gasteiger partial charge is 0.242 e. The molecule has 0 spiro atoms. The number of piperazine rings is 1. The molecule has 2 heterocycles. The van der Waals surface area contributed by atoms with E-state index in [1.807, 2.05) is 59.3 Å². The first kappa shape index (κ1) is 20.7. The number of hydrogen-bond acceptors (Lipinski definition) is 5. The molecule has 0 aliphatic carbocycles. The number of carbonyl (C=O) groups is 1. The third-order valence-electron chi connectivity index (χ3n) is 4.72. The van der Waals surface area contributed by atoms with Crippen LogP contribution in [0.3, 0.4) is 0 Å². The van der Waals surface area contributed by atoms with Crippen LogP contribution < -0.4 is 4.90 Å². The number of nitriles is 1. The van der Waals surface area contributed by atoms with Crippen molar-refractivity contribution in [2.45, 2.75) is 6.04 Å². The van der Waals surface area contributed by atoms with E-state index in [9.17, 15) is 10.1 Å². The highest BCUT2D eigenvalue weighted by molar-refractivity contribution is 5.85. The van der Waals surface area contributed by atoms with E-state index < -0.39 is 0 Å². The molecule has 1 aliphatic heterocycles. The normalized spacial score (nSPS) is 15.3. The quantitative estimate of drug-likeness (QED) is 0.790. The topological polar surface area (TPSA) is 63.5 Å². The van der Waals surface area contributed by atoms with E-state index in [1.165, 1.54) is 0 Å². The van der Waals surface area contributed by atoms with Crippen LogP contribution in [0.15, 0.2) is 54.9 Å². The minimum Gasteiger partial charge on any atom is -0.365 e. The van der Waals surface area contributed by atoms with Gasteiger partial charge in [0.15, 0.2) is 0 Å². The zero-order chi connectivity index (χ0) is 18.4. The lowest BCUT2D eigenvalue weighted by atomic mass is 10.1. The van der Waals surface area contributed by atoms with Gasteiger partial charge in [-0.2, -0.15) is 5.26 Å². The zero-order valence-corrected chi connectivity index (χ0v) is 16.2. The Kier molecular flexibility index (Phi) is 7.59. The van der Waals surface area contributed by atoms with Gasteiger partial charge >= 0.3 is 0 Å². The van der Waals surface area contributed by atoms with Crippen LogP contribution in [0.4, 0.5) is 5.69 Å². The molecule has 1 fully saturated rings. The molecule has 1 amide bonds. The van der Waals surface area contributed by atoms with Crippen molar-refractivity contribution in [2.75, 3.05) is 44.7 Å². The molecule has 2 aromatic rings. The van der Waals surface area contributed by atoms with E-state index >= 15 is 0 Å². The number of hydrogen-bond donors (Lipinski definition) is 0. The van der Waals surface area contributed by atoms with Crippen molar-refractivity contribution in [3.05, 3.63) is 60.4 Å². The Bertz CT molecular complexity index is 757. The molecule has 0 bridgehead atoms. The van der Waals surface area contributed by atoms with E-state index in [2.05, 4.69) is 16.0 Å². The second-order valence-electron chi connectivity index (χ2n) is 6.43. The van der Waals surface area contributed by atoms with Crippen molar-refractivity contribution in [2.24, 2.45) is 0 Å². The van der Waals surface area contributed by atoms with Crippen LogP contribution >= 0.6 is 12.4 Å². The molecule has 1 atom stereocenters. The van der Waals surface area contributed by atoms with Crippen molar-refractivity contribution in [1.82, 2.24) is 14.8 Å². The van der Waals surface area contributed by atoms with E-state index in [0.29, 0.717) is 32.7 Å². The van der Waals surface area contributed by atoms with E-state index in [-0.39, 0.29) is 24.4 Å². The van der Waals surface area contributed by atoms with Crippen molar-refractivity contribution in [3.63, 3.8) is 0 Å². The summed E-state index contributed by atoms with van der Waals surface area (Å²) in [6.07, 6.45) is 3.44. The Hall–Kier alpha value is -2.62. The summed E-state index contributed by atoms with van der Waals surface area (Å²) in [6, 6.07) is 15.7. The van der Waals surface area contributed by atoms with Crippen LogP contribution in [0, 0.1) is 11.3 Å². The number of anilines is 1. The summed E-state index contributed by atoms with van der Waals surface area (Å²) in [5, 5.41) is 9.55. The molecule has 7 heteroatoms. The molecule has 0 saturated carbocycles. The fourth-order valence-corrected chi connectivity index (χ4v) is 3.21. The standard InChI is InChI=1S/C20H23N5O.ClH/c1-23(18-7-3-2-4-8-18)16-20(26)25-12-10-24(11-13-25)19(14-21)17-6-5-9-22-15-17;/h2-9,15,19H,10-13,16H2,1H3;1H. The van der Waals surface area contributed by atoms with Gasteiger partial charge in [-0.15, -0.1) is 12.4 Å². The number of amides is 1. The van der Waals surface area contributed by atoms with Gasteiger partial charge in [0.1, 0.15) is 6.04 Å². The van der Waals surface area contributed by atoms with Crippen molar-refractivity contribution in [1.29, 1.82) is 5.26 Å². The van der Waals surface area contributed by atoms with Gasteiger partial charge in [0.05, 0.1) is 12.6 Å². The number of rotatable bonds is 5. The highest BCUT2D eigenvalue weighted by Gasteiger charge is 2.27. The first-order valence-electron chi connectivity index (χ1n) is 8.76. The summed E-state index contributed by atoms with van der Waals surface area (Å²) < 4.78 is 0. The molecule has 0 N–H and O–H groups in total. The summed E-state index contributed by atoms with van der Waals surface area (Å²) in [7, 11) is 1.93. The first-order valence-corrected chi connectivity index (χ1v) is 8.76. The van der Waals surface area contributed by atoms with Gasteiger partial charge in [-0.3, -0.25) is 14.7 Å². The third-order valence-corrected chi connectivity index (χ3v) is 4.72. The molecule has 142 valence electrons. The minimum atomic E-state index is -0.312. The number of nitrogens with zero attached hydrogens (tertiary/aromatic N) is 5. The molecule has 3 rings (SSSR count). The van der Waals surface area contributed by atoms with Crippen molar-refractivity contribution >= 4 is 24.0 Å². The second-order valence-corrected chi connectivity index (χ2v) is 6.43. The van der Waals surface area contributed by atoms with Gasteiger partial charge in [0.25, 0.3) is 0 Å². The molecule has 1 aromatic carbocycles. The molecule has 6 nitrogen and oxygen atoms in total. The summed E-state index contributed by atoms with van der Waals surface area (Å²) in [5.74, 6) is 0.117. The third kappa shape index (κ3) is 5.19. The lowest BCUT2D eigenvalue weighted by Crippen LogP contribution is -2.51. The van der Waals surface area contributed by atoms with Gasteiger partial charge in [0, 0.05) is 56.9 Å². The molecule has 1 unspecified atom stereocenters. The largest absolute Gasteiger partial charge is 0.365 e. The van der Waals surface area contributed by atoms with Crippen LogP contribution in [-0.2, 0) is 4.79 Å². The minimum absolute atomic E-state index is 0. The zero-order valence-electron chi connectivity index (χ0n) is 15.4. The number of carbonyl (C=O) groups excluding carboxylic acids is 1. The lowest BCUT2D eigenvalue weighted by molar-refractivity contribution is -0.131. The van der Waals surface area contributed by atoms with E-state index in [0.717, 1.165) is 11.3 Å². The molecule has 1 aromatic heterocycles.